The summed E-state index contributed by atoms with van der Waals surface area (Å²) in [6.07, 6.45) is 2.07. The number of allylic oxidation sites excluding steroid dienone is 2. The molecule has 162 valence electrons. The molecule has 30 heavy (non-hydrogen) atoms. The van der Waals surface area contributed by atoms with Crippen LogP contribution in [0.3, 0.4) is 0 Å². The standard InChI is InChI=1S/C20H22F2N2O6/c1-11-17(24(26)27)16(14-9-5-6-10-15(14)29-19(21)22)18(12(2)23-11)30-20(25)28-13-7-3-4-8-13/h5-6,9-10,13,16,19,23H,3-4,7-8H2,1-2H3. The molecule has 1 N–H and O–H groups in total. The van der Waals surface area contributed by atoms with E-state index in [0.29, 0.717) is 5.70 Å². The number of para-hydroxylation sites is 1. The lowest BCUT2D eigenvalue weighted by atomic mass is 9.89. The first-order chi connectivity index (χ1) is 14.3. The summed E-state index contributed by atoms with van der Waals surface area (Å²) in [5.41, 5.74) is 0.270. The zero-order valence-electron chi connectivity index (χ0n) is 16.5. The van der Waals surface area contributed by atoms with Crippen molar-refractivity contribution in [3.05, 3.63) is 62.8 Å². The largest absolute Gasteiger partial charge is 0.513 e. The lowest BCUT2D eigenvalue weighted by Crippen LogP contribution is -2.30. The Morgan fingerprint density at radius 2 is 1.87 bits per heavy atom. The van der Waals surface area contributed by atoms with E-state index in [1.54, 1.807) is 6.92 Å². The van der Waals surface area contributed by atoms with Gasteiger partial charge in [-0.05, 0) is 45.6 Å². The number of rotatable bonds is 6. The highest BCUT2D eigenvalue weighted by atomic mass is 19.3. The van der Waals surface area contributed by atoms with Gasteiger partial charge in [-0.2, -0.15) is 8.78 Å². The third kappa shape index (κ3) is 4.69. The lowest BCUT2D eigenvalue weighted by Gasteiger charge is -2.27. The highest BCUT2D eigenvalue weighted by molar-refractivity contribution is 5.63. The number of halogens is 2. The summed E-state index contributed by atoms with van der Waals surface area (Å²) in [6.45, 7) is -0.0697. The SMILES string of the molecule is CC1=C(OC(=O)OC2CCCC2)C(c2ccccc2OC(F)F)C([N+](=O)[O-])=C(C)N1. The third-order valence-electron chi connectivity index (χ3n) is 5.07. The average molecular weight is 424 g/mol. The molecule has 1 unspecified atom stereocenters. The molecule has 8 nitrogen and oxygen atoms in total. The van der Waals surface area contributed by atoms with Gasteiger partial charge >= 0.3 is 12.8 Å². The van der Waals surface area contributed by atoms with Crippen LogP contribution in [0.5, 0.6) is 5.75 Å². The predicted octanol–water partition coefficient (Wildman–Crippen LogP) is 4.81. The van der Waals surface area contributed by atoms with Crippen LogP contribution in [0.1, 0.15) is 51.0 Å². The number of nitro groups is 1. The van der Waals surface area contributed by atoms with E-state index in [4.69, 9.17) is 9.47 Å². The van der Waals surface area contributed by atoms with E-state index in [-0.39, 0.29) is 34.6 Å². The third-order valence-corrected chi connectivity index (χ3v) is 5.07. The molecule has 3 rings (SSSR count). The summed E-state index contributed by atoms with van der Waals surface area (Å²) in [7, 11) is 0. The summed E-state index contributed by atoms with van der Waals surface area (Å²) < 4.78 is 41.1. The Labute approximate surface area is 171 Å². The fourth-order valence-corrected chi connectivity index (χ4v) is 3.81. The summed E-state index contributed by atoms with van der Waals surface area (Å²) in [6, 6.07) is 5.70. The van der Waals surface area contributed by atoms with Crippen LogP contribution in [-0.4, -0.2) is 23.8 Å². The summed E-state index contributed by atoms with van der Waals surface area (Å²) in [5, 5.41) is 14.6. The van der Waals surface area contributed by atoms with E-state index < -0.39 is 23.6 Å². The minimum absolute atomic E-state index is 0.0772. The molecule has 1 aromatic carbocycles. The first-order valence-electron chi connectivity index (χ1n) is 9.53. The van der Waals surface area contributed by atoms with Crippen molar-refractivity contribution < 1.29 is 32.7 Å². The normalized spacial score (nSPS) is 19.7. The number of hydrogen-bond acceptors (Lipinski definition) is 7. The van der Waals surface area contributed by atoms with Gasteiger partial charge in [0.05, 0.1) is 16.3 Å². The van der Waals surface area contributed by atoms with Gasteiger partial charge in [-0.1, -0.05) is 18.2 Å². The van der Waals surface area contributed by atoms with Crippen molar-refractivity contribution in [2.75, 3.05) is 0 Å². The van der Waals surface area contributed by atoms with Gasteiger partial charge in [0.2, 0.25) is 0 Å². The molecule has 1 aliphatic heterocycles. The Bertz CT molecular complexity index is 893. The van der Waals surface area contributed by atoms with Crippen LogP contribution in [0.4, 0.5) is 13.6 Å². The Morgan fingerprint density at radius 1 is 1.20 bits per heavy atom. The van der Waals surface area contributed by atoms with Crippen LogP contribution in [-0.2, 0) is 9.47 Å². The summed E-state index contributed by atoms with van der Waals surface area (Å²) in [5.74, 6) is -1.59. The Morgan fingerprint density at radius 3 is 2.50 bits per heavy atom. The smallest absolute Gasteiger partial charge is 0.435 e. The second-order valence-corrected chi connectivity index (χ2v) is 7.11. The van der Waals surface area contributed by atoms with Crippen LogP contribution >= 0.6 is 0 Å². The molecule has 10 heteroatoms. The molecule has 1 fully saturated rings. The number of ether oxygens (including phenoxy) is 3. The number of hydrogen-bond donors (Lipinski definition) is 1. The molecule has 0 spiro atoms. The van der Waals surface area contributed by atoms with Crippen molar-refractivity contribution in [2.45, 2.75) is 58.2 Å². The number of carbonyl (C=O) groups excluding carboxylic acids is 1. The molecule has 1 aromatic rings. The highest BCUT2D eigenvalue weighted by Gasteiger charge is 2.41. The Kier molecular flexibility index (Phi) is 6.53. The number of nitrogens with one attached hydrogen (secondary N) is 1. The van der Waals surface area contributed by atoms with Gasteiger partial charge in [-0.15, -0.1) is 0 Å². The van der Waals surface area contributed by atoms with Gasteiger partial charge in [0.1, 0.15) is 23.5 Å². The molecule has 2 aliphatic rings. The van der Waals surface area contributed by atoms with E-state index in [9.17, 15) is 23.7 Å². The fourth-order valence-electron chi connectivity index (χ4n) is 3.81. The van der Waals surface area contributed by atoms with Crippen molar-refractivity contribution in [2.24, 2.45) is 0 Å². The zero-order valence-corrected chi connectivity index (χ0v) is 16.5. The second kappa shape index (κ2) is 9.10. The number of nitrogens with zero attached hydrogens (tertiary/aromatic N) is 1. The summed E-state index contributed by atoms with van der Waals surface area (Å²) in [4.78, 5) is 23.6. The fraction of sp³-hybridized carbons (Fsp3) is 0.450. The van der Waals surface area contributed by atoms with E-state index in [2.05, 4.69) is 10.1 Å². The second-order valence-electron chi connectivity index (χ2n) is 7.11. The van der Waals surface area contributed by atoms with Gasteiger partial charge in [-0.3, -0.25) is 10.1 Å². The van der Waals surface area contributed by atoms with Gasteiger partial charge in [0, 0.05) is 5.56 Å². The number of carbonyl (C=O) groups is 1. The molecule has 1 atom stereocenters. The predicted molar refractivity (Wildman–Crippen MR) is 101 cm³/mol. The molecular formula is C20H22F2N2O6. The lowest BCUT2D eigenvalue weighted by molar-refractivity contribution is -0.431. The van der Waals surface area contributed by atoms with Crippen LogP contribution in [0.2, 0.25) is 0 Å². The van der Waals surface area contributed by atoms with E-state index in [1.165, 1.54) is 31.2 Å². The van der Waals surface area contributed by atoms with Crippen LogP contribution in [0, 0.1) is 10.1 Å². The topological polar surface area (TPSA) is 99.9 Å². The zero-order chi connectivity index (χ0) is 21.8. The van der Waals surface area contributed by atoms with Crippen molar-refractivity contribution >= 4 is 6.16 Å². The Balaban J connectivity index is 2.00. The minimum atomic E-state index is -3.13. The van der Waals surface area contributed by atoms with Crippen LogP contribution < -0.4 is 10.1 Å². The van der Waals surface area contributed by atoms with Crippen molar-refractivity contribution in [1.82, 2.24) is 5.32 Å². The molecule has 1 aliphatic carbocycles. The van der Waals surface area contributed by atoms with E-state index in [1.807, 2.05) is 0 Å². The first-order valence-corrected chi connectivity index (χ1v) is 9.53. The van der Waals surface area contributed by atoms with E-state index >= 15 is 0 Å². The number of alkyl halides is 2. The maximum absolute atomic E-state index is 12.9. The average Bonchev–Trinajstić information content (AvgIpc) is 3.16. The van der Waals surface area contributed by atoms with Crippen molar-refractivity contribution in [3.8, 4) is 5.75 Å². The molecule has 1 saturated carbocycles. The molecule has 0 radical (unpaired) electrons. The van der Waals surface area contributed by atoms with Gasteiger partial charge < -0.3 is 19.5 Å². The van der Waals surface area contributed by atoms with Crippen LogP contribution in [0.25, 0.3) is 0 Å². The van der Waals surface area contributed by atoms with Gasteiger partial charge in [0.25, 0.3) is 5.70 Å². The molecule has 1 heterocycles. The van der Waals surface area contributed by atoms with Crippen molar-refractivity contribution in [3.63, 3.8) is 0 Å². The number of benzene rings is 1. The maximum Gasteiger partial charge on any atom is 0.513 e. The highest BCUT2D eigenvalue weighted by Crippen LogP contribution is 2.43. The van der Waals surface area contributed by atoms with Crippen LogP contribution in [0.15, 0.2) is 47.1 Å². The molecule has 0 bridgehead atoms. The summed E-state index contributed by atoms with van der Waals surface area (Å²) >= 11 is 0. The minimum Gasteiger partial charge on any atom is -0.435 e. The molecule has 0 amide bonds. The first kappa shape index (κ1) is 21.5. The van der Waals surface area contributed by atoms with Gasteiger partial charge in [-0.25, -0.2) is 4.79 Å². The Hall–Kier alpha value is -3.17. The van der Waals surface area contributed by atoms with E-state index in [0.717, 1.165) is 25.7 Å². The monoisotopic (exact) mass is 424 g/mol. The molecule has 0 aromatic heterocycles. The maximum atomic E-state index is 12.9. The van der Waals surface area contributed by atoms with Crippen molar-refractivity contribution in [1.29, 1.82) is 0 Å². The molecule has 0 saturated heterocycles. The quantitative estimate of drug-likeness (QED) is 0.397. The number of dihydropyridines is 1. The van der Waals surface area contributed by atoms with Gasteiger partial charge in [0.15, 0.2) is 0 Å². The molecular weight excluding hydrogens is 402 g/mol.